The Kier molecular flexibility index (Phi) is 4.98. The molecule has 0 unspecified atom stereocenters. The van der Waals surface area contributed by atoms with Crippen LogP contribution in [0.3, 0.4) is 0 Å². The van der Waals surface area contributed by atoms with Crippen LogP contribution in [0.4, 0.5) is 17.6 Å². The molecule has 0 aliphatic carbocycles. The molecular formula is C6H8F4. The van der Waals surface area contributed by atoms with Crippen molar-refractivity contribution in [3.63, 3.8) is 0 Å². The lowest BCUT2D eigenvalue weighted by Crippen LogP contribution is -1.80. The van der Waals surface area contributed by atoms with Gasteiger partial charge in [-0.25, -0.2) is 4.39 Å². The second-order valence-corrected chi connectivity index (χ2v) is 1.81. The smallest absolute Gasteiger partial charge is 0.251 e. The molecule has 10 heavy (non-hydrogen) atoms. The maximum absolute atomic E-state index is 11.9. The second kappa shape index (κ2) is 5.26. The summed E-state index contributed by atoms with van der Waals surface area (Å²) in [6.45, 7) is -0.582. The zero-order valence-electron chi connectivity index (χ0n) is 5.34. The molecule has 0 rings (SSSR count). The van der Waals surface area contributed by atoms with E-state index in [4.69, 9.17) is 0 Å². The molecule has 0 aromatic carbocycles. The molecule has 0 spiro atoms. The van der Waals surface area contributed by atoms with Crippen molar-refractivity contribution in [3.05, 3.63) is 11.9 Å². The molecule has 0 aromatic heterocycles. The summed E-state index contributed by atoms with van der Waals surface area (Å²) in [6, 6.07) is 0. The lowest BCUT2D eigenvalue weighted by molar-refractivity contribution is 0.364. The van der Waals surface area contributed by atoms with Crippen molar-refractivity contribution in [2.45, 2.75) is 19.3 Å². The highest BCUT2D eigenvalue weighted by molar-refractivity contribution is 4.90. The fraction of sp³-hybridized carbons (Fsp3) is 0.667. The molecule has 0 aliphatic rings. The summed E-state index contributed by atoms with van der Waals surface area (Å²) in [6.07, 6.45) is -2.37. The zero-order valence-corrected chi connectivity index (χ0v) is 5.34. The van der Waals surface area contributed by atoms with E-state index in [1.165, 1.54) is 0 Å². The summed E-state index contributed by atoms with van der Waals surface area (Å²) in [5, 5.41) is 0. The van der Waals surface area contributed by atoms with Gasteiger partial charge in [0.1, 0.15) is 0 Å². The topological polar surface area (TPSA) is 0 Å². The van der Waals surface area contributed by atoms with Gasteiger partial charge in [0, 0.05) is 6.42 Å². The predicted molar refractivity (Wildman–Crippen MR) is 30.2 cm³/mol. The van der Waals surface area contributed by atoms with Crippen LogP contribution in [0.25, 0.3) is 0 Å². The molecule has 0 aliphatic heterocycles. The van der Waals surface area contributed by atoms with Gasteiger partial charge in [0.15, 0.2) is 5.83 Å². The molecule has 0 atom stereocenters. The number of hydrogen-bond donors (Lipinski definition) is 0. The van der Waals surface area contributed by atoms with Crippen molar-refractivity contribution in [3.8, 4) is 0 Å². The van der Waals surface area contributed by atoms with Gasteiger partial charge in [0.25, 0.3) is 0 Å². The van der Waals surface area contributed by atoms with Crippen LogP contribution in [-0.2, 0) is 0 Å². The molecule has 4 heteroatoms. The molecule has 0 radical (unpaired) electrons. The number of unbranched alkanes of at least 4 members (excludes halogenated alkanes) is 1. The van der Waals surface area contributed by atoms with E-state index in [0.717, 1.165) is 0 Å². The molecule has 0 aromatic rings. The lowest BCUT2D eigenvalue weighted by atomic mass is 10.2. The first-order valence-corrected chi connectivity index (χ1v) is 2.94. The van der Waals surface area contributed by atoms with Gasteiger partial charge in [-0.1, -0.05) is 0 Å². The first-order valence-electron chi connectivity index (χ1n) is 2.94. The van der Waals surface area contributed by atoms with Gasteiger partial charge in [0.2, 0.25) is 0 Å². The molecular weight excluding hydrogens is 148 g/mol. The maximum Gasteiger partial charge on any atom is 0.301 e. The second-order valence-electron chi connectivity index (χ2n) is 1.81. The van der Waals surface area contributed by atoms with Crippen LogP contribution >= 0.6 is 0 Å². The quantitative estimate of drug-likeness (QED) is 0.433. The largest absolute Gasteiger partial charge is 0.301 e. The van der Waals surface area contributed by atoms with E-state index < -0.39 is 18.6 Å². The van der Waals surface area contributed by atoms with Crippen LogP contribution in [-0.4, -0.2) is 6.67 Å². The number of alkyl halides is 1. The summed E-state index contributed by atoms with van der Waals surface area (Å²) in [4.78, 5) is 0. The zero-order chi connectivity index (χ0) is 7.98. The van der Waals surface area contributed by atoms with E-state index >= 15 is 0 Å². The Morgan fingerprint density at radius 2 is 1.60 bits per heavy atom. The van der Waals surface area contributed by atoms with E-state index in [2.05, 4.69) is 0 Å². The fourth-order valence-corrected chi connectivity index (χ4v) is 0.469. The minimum Gasteiger partial charge on any atom is -0.251 e. The molecule has 0 fully saturated rings. The first kappa shape index (κ1) is 9.46. The molecule has 60 valence electrons. The summed E-state index contributed by atoms with van der Waals surface area (Å²) < 4.78 is 45.7. The minimum atomic E-state index is -2.29. The monoisotopic (exact) mass is 156 g/mol. The van der Waals surface area contributed by atoms with Gasteiger partial charge in [-0.3, -0.25) is 4.39 Å². The van der Waals surface area contributed by atoms with Crippen LogP contribution < -0.4 is 0 Å². The molecule has 0 N–H and O–H groups in total. The van der Waals surface area contributed by atoms with E-state index in [1.54, 1.807) is 0 Å². The van der Waals surface area contributed by atoms with Crippen LogP contribution in [0.1, 0.15) is 19.3 Å². The van der Waals surface area contributed by atoms with Crippen LogP contribution in [0, 0.1) is 0 Å². The Labute approximate surface area is 56.5 Å². The van der Waals surface area contributed by atoms with Crippen molar-refractivity contribution >= 4 is 0 Å². The molecule has 0 heterocycles. The maximum atomic E-state index is 11.9. The Morgan fingerprint density at radius 1 is 1.00 bits per heavy atom. The van der Waals surface area contributed by atoms with E-state index in [9.17, 15) is 17.6 Å². The molecule has 0 saturated heterocycles. The summed E-state index contributed by atoms with van der Waals surface area (Å²) in [5.41, 5.74) is 0. The first-order chi connectivity index (χ1) is 4.68. The number of halogens is 4. The molecule has 0 bridgehead atoms. The van der Waals surface area contributed by atoms with E-state index in [1.807, 2.05) is 0 Å². The van der Waals surface area contributed by atoms with Gasteiger partial charge in [0.05, 0.1) is 6.67 Å². The number of rotatable bonds is 4. The van der Waals surface area contributed by atoms with Gasteiger partial charge in [-0.15, -0.1) is 0 Å². The number of allylic oxidation sites excluding steroid dienone is 1. The summed E-state index contributed by atoms with van der Waals surface area (Å²) >= 11 is 0. The third kappa shape index (κ3) is 4.35. The van der Waals surface area contributed by atoms with Crippen LogP contribution in [0.15, 0.2) is 11.9 Å². The lowest BCUT2D eigenvalue weighted by Gasteiger charge is -1.92. The van der Waals surface area contributed by atoms with Gasteiger partial charge in [-0.2, -0.15) is 8.78 Å². The molecule has 0 saturated carbocycles. The van der Waals surface area contributed by atoms with Crippen molar-refractivity contribution in [1.29, 1.82) is 0 Å². The SMILES string of the molecule is FCCCCC(F)=C(F)F. The van der Waals surface area contributed by atoms with E-state index in [-0.39, 0.29) is 19.3 Å². The number of hydrogen-bond acceptors (Lipinski definition) is 0. The van der Waals surface area contributed by atoms with Gasteiger partial charge < -0.3 is 0 Å². The fourth-order valence-electron chi connectivity index (χ4n) is 0.469. The Balaban J connectivity index is 3.40. The highest BCUT2D eigenvalue weighted by atomic mass is 19.3. The molecule has 0 amide bonds. The van der Waals surface area contributed by atoms with Crippen molar-refractivity contribution in [2.75, 3.05) is 6.67 Å². The Morgan fingerprint density at radius 3 is 2.00 bits per heavy atom. The van der Waals surface area contributed by atoms with Crippen molar-refractivity contribution < 1.29 is 17.6 Å². The Hall–Kier alpha value is -0.540. The minimum absolute atomic E-state index is 0.139. The summed E-state index contributed by atoms with van der Waals surface area (Å²) in [5.74, 6) is -1.42. The third-order valence-corrected chi connectivity index (χ3v) is 0.985. The van der Waals surface area contributed by atoms with Gasteiger partial charge in [-0.05, 0) is 12.8 Å². The van der Waals surface area contributed by atoms with Crippen molar-refractivity contribution in [2.24, 2.45) is 0 Å². The van der Waals surface area contributed by atoms with Gasteiger partial charge >= 0.3 is 6.08 Å². The normalized spacial score (nSPS) is 9.60. The third-order valence-electron chi connectivity index (χ3n) is 0.985. The van der Waals surface area contributed by atoms with Crippen LogP contribution in [0.5, 0.6) is 0 Å². The highest BCUT2D eigenvalue weighted by Crippen LogP contribution is 2.15. The molecule has 0 nitrogen and oxygen atoms in total. The van der Waals surface area contributed by atoms with E-state index in [0.29, 0.717) is 0 Å². The van der Waals surface area contributed by atoms with Crippen LogP contribution in [0.2, 0.25) is 0 Å². The standard InChI is InChI=1S/C6H8F4/c7-4-2-1-3-5(8)6(9)10/h1-4H2. The highest BCUT2D eigenvalue weighted by Gasteiger charge is 2.03. The average Bonchev–Trinajstić information content (AvgIpc) is 1.88. The predicted octanol–water partition coefficient (Wildman–Crippen LogP) is 3.20. The van der Waals surface area contributed by atoms with Crippen molar-refractivity contribution in [1.82, 2.24) is 0 Å². The summed E-state index contributed by atoms with van der Waals surface area (Å²) in [7, 11) is 0. The Bertz CT molecular complexity index is 115. The average molecular weight is 156 g/mol.